The monoisotopic (exact) mass is 440 g/mol. The minimum atomic E-state index is -3.51. The molecule has 0 unspecified atom stereocenters. The Labute approximate surface area is 186 Å². The Morgan fingerprint density at radius 2 is 1.65 bits per heavy atom. The van der Waals surface area contributed by atoms with E-state index in [4.69, 9.17) is 0 Å². The molecule has 0 saturated carbocycles. The van der Waals surface area contributed by atoms with Crippen LogP contribution in [-0.2, 0) is 16.4 Å². The lowest BCUT2D eigenvalue weighted by atomic mass is 9.90. The van der Waals surface area contributed by atoms with Crippen LogP contribution in [-0.4, -0.2) is 49.7 Å². The first kappa shape index (κ1) is 22.0. The van der Waals surface area contributed by atoms with Crippen LogP contribution in [0.5, 0.6) is 0 Å². The van der Waals surface area contributed by atoms with Crippen LogP contribution in [0.15, 0.2) is 53.4 Å². The van der Waals surface area contributed by atoms with E-state index in [0.29, 0.717) is 24.6 Å². The molecule has 166 valence electrons. The van der Waals surface area contributed by atoms with Crippen LogP contribution in [0, 0.1) is 12.8 Å². The lowest BCUT2D eigenvalue weighted by Crippen LogP contribution is -2.38. The van der Waals surface area contributed by atoms with Crippen molar-refractivity contribution in [1.82, 2.24) is 9.21 Å². The van der Waals surface area contributed by atoms with E-state index >= 15 is 0 Å². The molecular formula is C25H32N2O3S. The van der Waals surface area contributed by atoms with Crippen molar-refractivity contribution < 1.29 is 13.2 Å². The van der Waals surface area contributed by atoms with Gasteiger partial charge >= 0.3 is 0 Å². The van der Waals surface area contributed by atoms with Crippen molar-refractivity contribution in [3.8, 4) is 0 Å². The van der Waals surface area contributed by atoms with E-state index in [-0.39, 0.29) is 10.8 Å². The topological polar surface area (TPSA) is 57.7 Å². The number of sulfonamides is 1. The van der Waals surface area contributed by atoms with Gasteiger partial charge in [0.2, 0.25) is 10.0 Å². The lowest BCUT2D eigenvalue weighted by Gasteiger charge is -2.32. The van der Waals surface area contributed by atoms with E-state index in [9.17, 15) is 13.2 Å². The van der Waals surface area contributed by atoms with Crippen LogP contribution in [0.2, 0.25) is 0 Å². The van der Waals surface area contributed by atoms with E-state index in [1.165, 1.54) is 15.4 Å². The summed E-state index contributed by atoms with van der Waals surface area (Å²) in [4.78, 5) is 15.1. The van der Waals surface area contributed by atoms with E-state index in [0.717, 1.165) is 51.6 Å². The Bertz CT molecular complexity index is 1000. The minimum Gasteiger partial charge on any atom is -0.339 e. The van der Waals surface area contributed by atoms with Crippen LogP contribution in [0.3, 0.4) is 0 Å². The molecule has 2 fully saturated rings. The molecule has 2 aliphatic rings. The number of carbonyl (C=O) groups excluding carboxylic acids is 1. The lowest BCUT2D eigenvalue weighted by molar-refractivity contribution is 0.0686. The Morgan fingerprint density at radius 3 is 2.32 bits per heavy atom. The second kappa shape index (κ2) is 9.53. The Kier molecular flexibility index (Phi) is 6.77. The Hall–Kier alpha value is -2.18. The highest BCUT2D eigenvalue weighted by molar-refractivity contribution is 7.89. The van der Waals surface area contributed by atoms with E-state index in [1.54, 1.807) is 24.3 Å². The van der Waals surface area contributed by atoms with Gasteiger partial charge in [0.05, 0.1) is 4.90 Å². The smallest absolute Gasteiger partial charge is 0.253 e. The molecule has 0 bridgehead atoms. The molecule has 0 aliphatic carbocycles. The van der Waals surface area contributed by atoms with Crippen molar-refractivity contribution in [2.24, 2.45) is 5.92 Å². The van der Waals surface area contributed by atoms with E-state index in [1.807, 2.05) is 4.90 Å². The SMILES string of the molecule is Cc1ccc(CCC2CCN(C(=O)c3cccc(S(=O)(=O)N4CCCC4)c3)CC2)cc1. The number of piperidine rings is 1. The predicted octanol–water partition coefficient (Wildman–Crippen LogP) is 4.26. The van der Waals surface area contributed by atoms with Crippen LogP contribution in [0.1, 0.15) is 53.6 Å². The molecule has 31 heavy (non-hydrogen) atoms. The number of amides is 1. The zero-order valence-corrected chi connectivity index (χ0v) is 19.1. The van der Waals surface area contributed by atoms with Gasteiger partial charge in [-0.3, -0.25) is 4.79 Å². The zero-order valence-electron chi connectivity index (χ0n) is 18.3. The number of aryl methyl sites for hydroxylation is 2. The molecular weight excluding hydrogens is 408 g/mol. The quantitative estimate of drug-likeness (QED) is 0.674. The molecule has 6 heteroatoms. The number of hydrogen-bond donors (Lipinski definition) is 0. The van der Waals surface area contributed by atoms with Crippen LogP contribution in [0.4, 0.5) is 0 Å². The fraction of sp³-hybridized carbons (Fsp3) is 0.480. The summed E-state index contributed by atoms with van der Waals surface area (Å²) in [6.07, 6.45) is 6.03. The second-order valence-corrected chi connectivity index (χ2v) is 10.8. The van der Waals surface area contributed by atoms with Gasteiger partial charge < -0.3 is 4.90 Å². The van der Waals surface area contributed by atoms with Crippen molar-refractivity contribution in [3.05, 3.63) is 65.2 Å². The van der Waals surface area contributed by atoms with E-state index in [2.05, 4.69) is 31.2 Å². The maximum absolute atomic E-state index is 13.0. The average molecular weight is 441 g/mol. The molecule has 2 saturated heterocycles. The third-order valence-corrected chi connectivity index (χ3v) is 8.54. The molecule has 2 aromatic carbocycles. The van der Waals surface area contributed by atoms with Crippen molar-refractivity contribution in [2.45, 2.75) is 50.3 Å². The molecule has 2 heterocycles. The van der Waals surface area contributed by atoms with Gasteiger partial charge in [-0.1, -0.05) is 35.9 Å². The van der Waals surface area contributed by atoms with Gasteiger partial charge in [-0.15, -0.1) is 0 Å². The first-order valence-electron chi connectivity index (χ1n) is 11.4. The maximum atomic E-state index is 13.0. The third kappa shape index (κ3) is 5.18. The number of nitrogens with zero attached hydrogens (tertiary/aromatic N) is 2. The summed E-state index contributed by atoms with van der Waals surface area (Å²) in [5.41, 5.74) is 3.13. The van der Waals surface area contributed by atoms with Crippen LogP contribution >= 0.6 is 0 Å². The summed E-state index contributed by atoms with van der Waals surface area (Å²) in [5.74, 6) is 0.572. The van der Waals surface area contributed by atoms with Gasteiger partial charge in [-0.2, -0.15) is 4.31 Å². The number of likely N-dealkylation sites (tertiary alicyclic amines) is 1. The number of hydrogen-bond acceptors (Lipinski definition) is 3. The minimum absolute atomic E-state index is 0.0598. The normalized spacial score (nSPS) is 18.4. The molecule has 2 aliphatic heterocycles. The highest BCUT2D eigenvalue weighted by Crippen LogP contribution is 2.25. The summed E-state index contributed by atoms with van der Waals surface area (Å²) < 4.78 is 27.2. The van der Waals surface area contributed by atoms with Crippen molar-refractivity contribution >= 4 is 15.9 Å². The summed E-state index contributed by atoms with van der Waals surface area (Å²) in [6.45, 7) is 4.71. The molecule has 0 N–H and O–H groups in total. The molecule has 1 amide bonds. The summed E-state index contributed by atoms with van der Waals surface area (Å²) in [6, 6.07) is 15.3. The fourth-order valence-corrected chi connectivity index (χ4v) is 6.16. The third-order valence-electron chi connectivity index (χ3n) is 6.65. The van der Waals surface area contributed by atoms with Gasteiger partial charge in [0.25, 0.3) is 5.91 Å². The highest BCUT2D eigenvalue weighted by Gasteiger charge is 2.29. The first-order valence-corrected chi connectivity index (χ1v) is 12.8. The molecule has 0 atom stereocenters. The molecule has 0 spiro atoms. The van der Waals surface area contributed by atoms with Gasteiger partial charge in [-0.05, 0) is 75.1 Å². The standard InChI is InChI=1S/C25H32N2O3S/c1-20-7-9-21(10-8-20)11-12-22-13-17-26(18-14-22)25(28)23-5-4-6-24(19-23)31(29,30)27-15-2-3-16-27/h4-10,19,22H,2-3,11-18H2,1H3. The van der Waals surface area contributed by atoms with Crippen molar-refractivity contribution in [1.29, 1.82) is 0 Å². The van der Waals surface area contributed by atoms with Gasteiger partial charge in [-0.25, -0.2) is 8.42 Å². The highest BCUT2D eigenvalue weighted by atomic mass is 32.2. The Morgan fingerprint density at radius 1 is 0.968 bits per heavy atom. The zero-order chi connectivity index (χ0) is 21.8. The van der Waals surface area contributed by atoms with Gasteiger partial charge in [0.15, 0.2) is 0 Å². The number of carbonyl (C=O) groups is 1. The van der Waals surface area contributed by atoms with Crippen molar-refractivity contribution in [2.75, 3.05) is 26.2 Å². The summed E-state index contributed by atoms with van der Waals surface area (Å²) in [7, 11) is -3.51. The molecule has 5 nitrogen and oxygen atoms in total. The van der Waals surface area contributed by atoms with E-state index < -0.39 is 10.0 Å². The largest absolute Gasteiger partial charge is 0.339 e. The van der Waals surface area contributed by atoms with Gasteiger partial charge in [0, 0.05) is 31.7 Å². The first-order chi connectivity index (χ1) is 14.9. The van der Waals surface area contributed by atoms with Crippen molar-refractivity contribution in [3.63, 3.8) is 0 Å². The second-order valence-electron chi connectivity index (χ2n) is 8.90. The predicted molar refractivity (Wildman–Crippen MR) is 123 cm³/mol. The van der Waals surface area contributed by atoms with Crippen LogP contribution in [0.25, 0.3) is 0 Å². The average Bonchev–Trinajstić information content (AvgIpc) is 3.35. The van der Waals surface area contributed by atoms with Gasteiger partial charge in [0.1, 0.15) is 0 Å². The summed E-state index contributed by atoms with van der Waals surface area (Å²) >= 11 is 0. The summed E-state index contributed by atoms with van der Waals surface area (Å²) in [5, 5.41) is 0. The number of benzene rings is 2. The Balaban J connectivity index is 1.34. The van der Waals surface area contributed by atoms with Crippen LogP contribution < -0.4 is 0 Å². The number of rotatable bonds is 6. The fourth-order valence-electron chi connectivity index (χ4n) is 4.60. The molecule has 4 rings (SSSR count). The molecule has 0 aromatic heterocycles. The maximum Gasteiger partial charge on any atom is 0.253 e. The molecule has 2 aromatic rings. The molecule has 0 radical (unpaired) electrons.